The van der Waals surface area contributed by atoms with E-state index >= 15 is 0 Å². The van der Waals surface area contributed by atoms with E-state index in [2.05, 4.69) is 15.0 Å². The summed E-state index contributed by atoms with van der Waals surface area (Å²) in [7, 11) is 0. The first-order valence-corrected chi connectivity index (χ1v) is 5.00. The number of nitrogens with zero attached hydrogens (tertiary/aromatic N) is 2. The Morgan fingerprint density at radius 3 is 2.93 bits per heavy atom. The van der Waals surface area contributed by atoms with Crippen LogP contribution in [0.25, 0.3) is 11.5 Å². The fraction of sp³-hybridized carbons (Fsp3) is 0.273. The third-order valence-electron chi connectivity index (χ3n) is 2.58. The highest BCUT2D eigenvalue weighted by atomic mass is 19.1. The molecular weight excluding hydrogens is 193 g/mol. The first-order valence-electron chi connectivity index (χ1n) is 5.00. The fourth-order valence-electron chi connectivity index (χ4n) is 1.60. The topological polar surface area (TPSA) is 41.6 Å². The first kappa shape index (κ1) is 8.59. The van der Waals surface area contributed by atoms with Gasteiger partial charge in [-0.1, -0.05) is 0 Å². The van der Waals surface area contributed by atoms with Crippen LogP contribution in [-0.2, 0) is 0 Å². The van der Waals surface area contributed by atoms with Gasteiger partial charge >= 0.3 is 0 Å². The van der Waals surface area contributed by atoms with Gasteiger partial charge in [0.1, 0.15) is 11.5 Å². The van der Waals surface area contributed by atoms with Gasteiger partial charge in [0.05, 0.1) is 0 Å². The van der Waals surface area contributed by atoms with Crippen molar-refractivity contribution in [3.05, 3.63) is 36.0 Å². The second-order valence-electron chi connectivity index (χ2n) is 3.82. The maximum absolute atomic E-state index is 12.9. The molecule has 2 aromatic rings. The van der Waals surface area contributed by atoms with E-state index in [1.165, 1.54) is 31.2 Å². The van der Waals surface area contributed by atoms with Crippen LogP contribution in [-0.4, -0.2) is 15.0 Å². The van der Waals surface area contributed by atoms with Crippen molar-refractivity contribution in [1.82, 2.24) is 15.0 Å². The van der Waals surface area contributed by atoms with Gasteiger partial charge in [-0.05, 0) is 18.9 Å². The van der Waals surface area contributed by atoms with Crippen LogP contribution in [0.1, 0.15) is 24.5 Å². The second-order valence-corrected chi connectivity index (χ2v) is 3.82. The van der Waals surface area contributed by atoms with Gasteiger partial charge in [0.2, 0.25) is 0 Å². The predicted octanol–water partition coefficient (Wildman–Crippen LogP) is 2.49. The summed E-state index contributed by atoms with van der Waals surface area (Å²) in [4.78, 5) is 11.5. The van der Waals surface area contributed by atoms with Crippen LogP contribution < -0.4 is 0 Å². The Labute approximate surface area is 86.4 Å². The van der Waals surface area contributed by atoms with Crippen LogP contribution in [0.2, 0.25) is 0 Å². The van der Waals surface area contributed by atoms with Gasteiger partial charge in [-0.15, -0.1) is 0 Å². The molecule has 76 valence electrons. The molecule has 4 heteroatoms. The Bertz CT molecular complexity index is 488. The normalized spacial score (nSPS) is 15.5. The minimum Gasteiger partial charge on any atom is -0.340 e. The zero-order valence-electron chi connectivity index (χ0n) is 8.07. The van der Waals surface area contributed by atoms with Crippen molar-refractivity contribution < 1.29 is 4.39 Å². The summed E-state index contributed by atoms with van der Waals surface area (Å²) in [5.41, 5.74) is 1.69. The molecular formula is C11H10FN3. The lowest BCUT2D eigenvalue weighted by Crippen LogP contribution is -1.87. The molecule has 0 unspecified atom stereocenters. The highest BCUT2D eigenvalue weighted by Gasteiger charge is 2.25. The molecule has 0 spiro atoms. The number of H-pyrrole nitrogens is 1. The molecule has 1 saturated carbocycles. The van der Waals surface area contributed by atoms with Crippen LogP contribution >= 0.6 is 0 Å². The third kappa shape index (κ3) is 1.63. The number of halogens is 1. The van der Waals surface area contributed by atoms with E-state index in [0.717, 1.165) is 5.69 Å². The average molecular weight is 203 g/mol. The molecule has 0 atom stereocenters. The number of rotatable bonds is 2. The molecule has 0 radical (unpaired) electrons. The Morgan fingerprint density at radius 1 is 1.33 bits per heavy atom. The van der Waals surface area contributed by atoms with Crippen molar-refractivity contribution >= 4 is 0 Å². The molecule has 2 heterocycles. The highest BCUT2D eigenvalue weighted by molar-refractivity contribution is 5.49. The Morgan fingerprint density at radius 2 is 2.20 bits per heavy atom. The second kappa shape index (κ2) is 3.15. The van der Waals surface area contributed by atoms with E-state index in [1.54, 1.807) is 0 Å². The van der Waals surface area contributed by atoms with Crippen molar-refractivity contribution in [3.8, 4) is 11.5 Å². The molecule has 1 aliphatic carbocycles. The number of aromatic nitrogens is 3. The summed E-state index contributed by atoms with van der Waals surface area (Å²) >= 11 is 0. The number of aromatic amines is 1. The maximum Gasteiger partial charge on any atom is 0.156 e. The predicted molar refractivity (Wildman–Crippen MR) is 53.8 cm³/mol. The van der Waals surface area contributed by atoms with Crippen LogP contribution in [0, 0.1) is 5.82 Å². The quantitative estimate of drug-likeness (QED) is 0.814. The number of imidazole rings is 1. The molecule has 0 bridgehead atoms. The lowest BCUT2D eigenvalue weighted by atomic mass is 10.3. The van der Waals surface area contributed by atoms with Crippen LogP contribution in [0.4, 0.5) is 4.39 Å². The molecule has 15 heavy (non-hydrogen) atoms. The zero-order valence-corrected chi connectivity index (χ0v) is 8.07. The third-order valence-corrected chi connectivity index (χ3v) is 2.58. The smallest absolute Gasteiger partial charge is 0.156 e. The largest absolute Gasteiger partial charge is 0.340 e. The lowest BCUT2D eigenvalue weighted by Gasteiger charge is -1.95. The van der Waals surface area contributed by atoms with Gasteiger partial charge in [0, 0.05) is 30.1 Å². The number of nitrogens with one attached hydrogen (secondary N) is 1. The summed E-state index contributed by atoms with van der Waals surface area (Å²) in [6.45, 7) is 0. The molecule has 1 fully saturated rings. The van der Waals surface area contributed by atoms with E-state index in [1.807, 2.05) is 6.20 Å². The average Bonchev–Trinajstić information content (AvgIpc) is 2.97. The molecule has 2 aromatic heterocycles. The molecule has 3 nitrogen and oxygen atoms in total. The van der Waals surface area contributed by atoms with Crippen LogP contribution in [0.15, 0.2) is 24.5 Å². The van der Waals surface area contributed by atoms with Crippen molar-refractivity contribution in [2.24, 2.45) is 0 Å². The highest BCUT2D eigenvalue weighted by Crippen LogP contribution is 2.39. The fourth-order valence-corrected chi connectivity index (χ4v) is 1.60. The lowest BCUT2D eigenvalue weighted by molar-refractivity contribution is 0.626. The minimum absolute atomic E-state index is 0.288. The molecule has 0 amide bonds. The van der Waals surface area contributed by atoms with Gasteiger partial charge in [-0.25, -0.2) is 9.37 Å². The van der Waals surface area contributed by atoms with Crippen molar-refractivity contribution in [2.75, 3.05) is 0 Å². The van der Waals surface area contributed by atoms with Crippen molar-refractivity contribution in [2.45, 2.75) is 18.8 Å². The Balaban J connectivity index is 1.97. The summed E-state index contributed by atoms with van der Waals surface area (Å²) in [5, 5.41) is 0. The van der Waals surface area contributed by atoms with Crippen molar-refractivity contribution in [3.63, 3.8) is 0 Å². The summed E-state index contributed by atoms with van der Waals surface area (Å²) in [6, 6.07) is 2.71. The molecule has 0 aromatic carbocycles. The summed E-state index contributed by atoms with van der Waals surface area (Å²) < 4.78 is 12.9. The monoisotopic (exact) mass is 203 g/mol. The Hall–Kier alpha value is -1.71. The van der Waals surface area contributed by atoms with E-state index in [-0.39, 0.29) is 5.82 Å². The van der Waals surface area contributed by atoms with E-state index in [0.29, 0.717) is 17.4 Å². The molecule has 0 aliphatic heterocycles. The van der Waals surface area contributed by atoms with E-state index in [4.69, 9.17) is 0 Å². The summed E-state index contributed by atoms with van der Waals surface area (Å²) in [5.74, 6) is 0.987. The van der Waals surface area contributed by atoms with E-state index in [9.17, 15) is 4.39 Å². The van der Waals surface area contributed by atoms with Crippen molar-refractivity contribution in [1.29, 1.82) is 0 Å². The molecule has 1 N–H and O–H groups in total. The first-order chi connectivity index (χ1) is 7.33. The number of hydrogen-bond acceptors (Lipinski definition) is 2. The molecule has 1 aliphatic rings. The minimum atomic E-state index is -0.288. The standard InChI is InChI=1S/C11H10FN3/c12-8-3-4-13-9(5-8)11-14-6-10(15-11)7-1-2-7/h3-7H,1-2H2,(H,14,15). The SMILES string of the molecule is Fc1ccnc(-c2ncc(C3CC3)[nH]2)c1. The van der Waals surface area contributed by atoms with Gasteiger partial charge < -0.3 is 4.98 Å². The van der Waals surface area contributed by atoms with Gasteiger partial charge in [-0.3, -0.25) is 4.98 Å². The van der Waals surface area contributed by atoms with E-state index < -0.39 is 0 Å². The van der Waals surface area contributed by atoms with Crippen LogP contribution in [0.3, 0.4) is 0 Å². The molecule has 0 saturated heterocycles. The molecule has 3 rings (SSSR count). The van der Waals surface area contributed by atoms with Gasteiger partial charge in [0.15, 0.2) is 5.82 Å². The summed E-state index contributed by atoms with van der Waals surface area (Å²) in [6.07, 6.45) is 5.71. The van der Waals surface area contributed by atoms with Gasteiger partial charge in [-0.2, -0.15) is 0 Å². The van der Waals surface area contributed by atoms with Gasteiger partial charge in [0.25, 0.3) is 0 Å². The zero-order chi connectivity index (χ0) is 10.3. The Kier molecular flexibility index (Phi) is 1.80. The van der Waals surface area contributed by atoms with Crippen LogP contribution in [0.5, 0.6) is 0 Å². The maximum atomic E-state index is 12.9. The number of hydrogen-bond donors (Lipinski definition) is 1. The number of pyridine rings is 1.